The van der Waals surface area contributed by atoms with Crippen molar-refractivity contribution in [3.63, 3.8) is 0 Å². The van der Waals surface area contributed by atoms with Crippen LogP contribution in [0.4, 0.5) is 0 Å². The summed E-state index contributed by atoms with van der Waals surface area (Å²) in [6.07, 6.45) is 3.49. The molecule has 1 N–H and O–H groups in total. The molecule has 0 aliphatic heterocycles. The Bertz CT molecular complexity index is 1080. The van der Waals surface area contributed by atoms with Crippen molar-refractivity contribution < 1.29 is 9.90 Å². The summed E-state index contributed by atoms with van der Waals surface area (Å²) < 4.78 is 0. The molecule has 3 rings (SSSR count). The molecule has 0 radical (unpaired) electrons. The first-order valence-corrected chi connectivity index (χ1v) is 8.73. The van der Waals surface area contributed by atoms with E-state index in [1.165, 1.54) is 27.3 Å². The highest BCUT2D eigenvalue weighted by molar-refractivity contribution is 5.98. The van der Waals surface area contributed by atoms with Crippen LogP contribution < -0.4 is 10.4 Å². The number of carboxylic acids is 1. The van der Waals surface area contributed by atoms with Gasteiger partial charge in [0.1, 0.15) is 0 Å². The van der Waals surface area contributed by atoms with E-state index in [0.717, 1.165) is 16.3 Å². The number of rotatable bonds is 1. The van der Waals surface area contributed by atoms with E-state index in [0.29, 0.717) is 0 Å². The van der Waals surface area contributed by atoms with Crippen LogP contribution in [0.15, 0.2) is 30.3 Å². The van der Waals surface area contributed by atoms with E-state index in [2.05, 4.69) is 71.9 Å². The van der Waals surface area contributed by atoms with Crippen molar-refractivity contribution in [3.05, 3.63) is 67.9 Å². The van der Waals surface area contributed by atoms with Crippen LogP contribution in [0.2, 0.25) is 0 Å². The molecule has 0 bridgehead atoms. The summed E-state index contributed by atoms with van der Waals surface area (Å²) >= 11 is 0. The Morgan fingerprint density at radius 1 is 0.920 bits per heavy atom. The molecular formula is C23H26O2. The minimum Gasteiger partial charge on any atom is -0.478 e. The number of carbonyl (C=O) groups is 1. The fourth-order valence-corrected chi connectivity index (χ4v) is 3.45. The van der Waals surface area contributed by atoms with E-state index in [1.807, 2.05) is 6.07 Å². The second-order valence-electron chi connectivity index (χ2n) is 8.96. The molecule has 1 aliphatic carbocycles. The van der Waals surface area contributed by atoms with E-state index in [4.69, 9.17) is 0 Å². The summed E-state index contributed by atoms with van der Waals surface area (Å²) in [5, 5.41) is 13.7. The largest absolute Gasteiger partial charge is 0.478 e. The lowest BCUT2D eigenvalue weighted by Gasteiger charge is -2.20. The number of carboxylic acid groups (broad SMARTS) is 1. The molecule has 130 valence electrons. The Kier molecular flexibility index (Phi) is 3.90. The lowest BCUT2D eigenvalue weighted by Crippen LogP contribution is -2.24. The summed E-state index contributed by atoms with van der Waals surface area (Å²) in [5.41, 5.74) is 3.46. The van der Waals surface area contributed by atoms with E-state index < -0.39 is 5.97 Å². The zero-order valence-corrected chi connectivity index (χ0v) is 15.9. The van der Waals surface area contributed by atoms with Gasteiger partial charge in [0.05, 0.1) is 0 Å². The van der Waals surface area contributed by atoms with Gasteiger partial charge in [-0.2, -0.15) is 0 Å². The number of hydrogen-bond donors (Lipinski definition) is 1. The summed E-state index contributed by atoms with van der Waals surface area (Å²) in [4.78, 5) is 11.3. The predicted octanol–water partition coefficient (Wildman–Crippen LogP) is 3.58. The maximum atomic E-state index is 11.3. The fraction of sp³-hybridized carbons (Fsp3) is 0.348. The van der Waals surface area contributed by atoms with Gasteiger partial charge in [0.25, 0.3) is 0 Å². The van der Waals surface area contributed by atoms with E-state index >= 15 is 0 Å². The van der Waals surface area contributed by atoms with Crippen molar-refractivity contribution >= 4 is 18.1 Å². The standard InChI is InChI=1S/C23H26O2/c1-22(2,3)17-7-8-18-15(11-17)9-14-10-16(12-21(24)25)20(13-19(14)18)23(4,5)6/h7-13H,1-6H3,(H,24,25). The van der Waals surface area contributed by atoms with Crippen molar-refractivity contribution in [2.75, 3.05) is 0 Å². The van der Waals surface area contributed by atoms with Crippen LogP contribution in [0.1, 0.15) is 58.2 Å². The maximum absolute atomic E-state index is 11.3. The second kappa shape index (κ2) is 5.59. The van der Waals surface area contributed by atoms with Crippen molar-refractivity contribution in [1.29, 1.82) is 0 Å². The third-order valence-electron chi connectivity index (χ3n) is 4.83. The highest BCUT2D eigenvalue weighted by Crippen LogP contribution is 2.23. The molecule has 2 aromatic carbocycles. The zero-order chi connectivity index (χ0) is 18.6. The van der Waals surface area contributed by atoms with Crippen molar-refractivity contribution in [3.8, 4) is 0 Å². The number of aliphatic carboxylic acids is 1. The quantitative estimate of drug-likeness (QED) is 0.738. The van der Waals surface area contributed by atoms with Gasteiger partial charge in [0, 0.05) is 6.08 Å². The average molecular weight is 334 g/mol. The Morgan fingerprint density at radius 3 is 2.16 bits per heavy atom. The van der Waals surface area contributed by atoms with Gasteiger partial charge in [0.15, 0.2) is 0 Å². The molecule has 0 saturated heterocycles. The first-order chi connectivity index (χ1) is 11.5. The fourth-order valence-electron chi connectivity index (χ4n) is 3.45. The Hall–Kier alpha value is -2.35. The minimum atomic E-state index is -0.907. The second-order valence-corrected chi connectivity index (χ2v) is 8.96. The molecule has 0 unspecified atom stereocenters. The molecule has 0 fully saturated rings. The monoisotopic (exact) mass is 334 g/mol. The van der Waals surface area contributed by atoms with Gasteiger partial charge in [-0.25, -0.2) is 4.79 Å². The molecule has 0 amide bonds. The molecule has 0 saturated carbocycles. The van der Waals surface area contributed by atoms with Crippen LogP contribution in [0, 0.1) is 10.4 Å². The van der Waals surface area contributed by atoms with Crippen LogP contribution in [0.5, 0.6) is 0 Å². The molecule has 0 spiro atoms. The molecule has 0 heterocycles. The Balaban J connectivity index is 2.39. The van der Waals surface area contributed by atoms with Crippen LogP contribution in [-0.2, 0) is 15.6 Å². The molecular weight excluding hydrogens is 308 g/mol. The average Bonchev–Trinajstić information content (AvgIpc) is 2.80. The maximum Gasteiger partial charge on any atom is 0.328 e. The van der Waals surface area contributed by atoms with Crippen LogP contribution in [0.3, 0.4) is 0 Å². The van der Waals surface area contributed by atoms with Crippen molar-refractivity contribution in [1.82, 2.24) is 0 Å². The number of hydrogen-bond acceptors (Lipinski definition) is 1. The van der Waals surface area contributed by atoms with Gasteiger partial charge in [0.2, 0.25) is 0 Å². The topological polar surface area (TPSA) is 37.3 Å². The normalized spacial score (nSPS) is 14.1. The van der Waals surface area contributed by atoms with Crippen molar-refractivity contribution in [2.24, 2.45) is 0 Å². The molecule has 2 heteroatoms. The van der Waals surface area contributed by atoms with Gasteiger partial charge in [-0.05, 0) is 66.6 Å². The molecule has 2 nitrogen and oxygen atoms in total. The molecule has 0 aromatic heterocycles. The van der Waals surface area contributed by atoms with Gasteiger partial charge in [-0.3, -0.25) is 0 Å². The number of fused-ring (bicyclic) bond motifs is 2. The zero-order valence-electron chi connectivity index (χ0n) is 15.9. The van der Waals surface area contributed by atoms with Crippen LogP contribution >= 0.6 is 0 Å². The molecule has 1 aliphatic rings. The van der Waals surface area contributed by atoms with Gasteiger partial charge < -0.3 is 5.11 Å². The highest BCUT2D eigenvalue weighted by Gasteiger charge is 2.18. The predicted molar refractivity (Wildman–Crippen MR) is 103 cm³/mol. The Labute approximate surface area is 148 Å². The lowest BCUT2D eigenvalue weighted by atomic mass is 9.84. The summed E-state index contributed by atoms with van der Waals surface area (Å²) in [7, 11) is 0. The van der Waals surface area contributed by atoms with Gasteiger partial charge in [-0.15, -0.1) is 0 Å². The molecule has 25 heavy (non-hydrogen) atoms. The van der Waals surface area contributed by atoms with Crippen molar-refractivity contribution in [2.45, 2.75) is 52.4 Å². The highest BCUT2D eigenvalue weighted by atomic mass is 16.4. The summed E-state index contributed by atoms with van der Waals surface area (Å²) in [6.45, 7) is 13.0. The van der Waals surface area contributed by atoms with Gasteiger partial charge in [-0.1, -0.05) is 59.7 Å². The minimum absolute atomic E-state index is 0.108. The molecule has 0 atom stereocenters. The third-order valence-corrected chi connectivity index (χ3v) is 4.83. The first kappa shape index (κ1) is 17.5. The molecule has 2 aromatic rings. The van der Waals surface area contributed by atoms with E-state index in [1.54, 1.807) is 0 Å². The van der Waals surface area contributed by atoms with Crippen LogP contribution in [-0.4, -0.2) is 11.1 Å². The van der Waals surface area contributed by atoms with E-state index in [9.17, 15) is 9.90 Å². The Morgan fingerprint density at radius 2 is 1.60 bits per heavy atom. The number of benzene rings is 2. The van der Waals surface area contributed by atoms with Crippen LogP contribution in [0.25, 0.3) is 12.2 Å². The summed E-state index contributed by atoms with van der Waals surface area (Å²) in [5.74, 6) is -0.907. The third kappa shape index (κ3) is 3.26. The van der Waals surface area contributed by atoms with E-state index in [-0.39, 0.29) is 10.8 Å². The first-order valence-electron chi connectivity index (χ1n) is 8.73. The summed E-state index contributed by atoms with van der Waals surface area (Å²) in [6, 6.07) is 10.8. The smallest absolute Gasteiger partial charge is 0.328 e. The lowest BCUT2D eigenvalue weighted by molar-refractivity contribution is -0.129. The SMILES string of the molecule is CC(C)(C)c1ccc2c(c1)=Cc1cc(=CC(=O)O)c(C(C)(C)C)cc1=2. The van der Waals surface area contributed by atoms with Gasteiger partial charge >= 0.3 is 5.97 Å².